The molecule has 1 fully saturated rings. The van der Waals surface area contributed by atoms with Crippen LogP contribution in [0.4, 0.5) is 0 Å². The molecule has 0 amide bonds. The van der Waals surface area contributed by atoms with Crippen LogP contribution in [0.25, 0.3) is 0 Å². The van der Waals surface area contributed by atoms with Crippen molar-refractivity contribution in [2.75, 3.05) is 6.61 Å². The molecule has 0 bridgehead atoms. The van der Waals surface area contributed by atoms with E-state index in [2.05, 4.69) is 37.7 Å². The van der Waals surface area contributed by atoms with Gasteiger partial charge in [0.05, 0.1) is 6.61 Å². The Balaban J connectivity index is 3.10. The summed E-state index contributed by atoms with van der Waals surface area (Å²) in [7, 11) is -1.64. The molecule has 0 saturated heterocycles. The number of carbonyl (C=O) groups excluding carboxylic acids is 2. The molecule has 1 rings (SSSR count). The number of rotatable bonds is 3. The topological polar surface area (TPSA) is 43.4 Å². The number of esters is 1. The molecule has 4 heteroatoms. The van der Waals surface area contributed by atoms with Crippen LogP contribution in [-0.2, 0) is 14.3 Å². The van der Waals surface area contributed by atoms with E-state index >= 15 is 0 Å². The average molecular weight is 292 g/mol. The molecule has 1 unspecified atom stereocenters. The minimum absolute atomic E-state index is 0.280. The zero-order valence-electron chi connectivity index (χ0n) is 13.0. The summed E-state index contributed by atoms with van der Waals surface area (Å²) in [4.78, 5) is 24.8. The van der Waals surface area contributed by atoms with Crippen LogP contribution in [0, 0.1) is 16.9 Å². The van der Waals surface area contributed by atoms with Gasteiger partial charge in [0.15, 0.2) is 0 Å². The first kappa shape index (κ1) is 16.7. The lowest BCUT2D eigenvalue weighted by Gasteiger charge is -2.32. The normalized spacial score (nSPS) is 22.7. The second kappa shape index (κ2) is 6.40. The highest BCUT2D eigenvalue weighted by molar-refractivity contribution is 6.84. The summed E-state index contributed by atoms with van der Waals surface area (Å²) in [6.45, 7) is 12.2. The molecule has 0 heterocycles. The molecule has 0 aliphatic heterocycles. The first-order valence-corrected chi connectivity index (χ1v) is 10.6. The Morgan fingerprint density at radius 1 is 1.40 bits per heavy atom. The first-order chi connectivity index (χ1) is 9.21. The van der Waals surface area contributed by atoms with Crippen LogP contribution in [0.15, 0.2) is 12.2 Å². The van der Waals surface area contributed by atoms with Crippen molar-refractivity contribution in [2.24, 2.45) is 5.41 Å². The van der Waals surface area contributed by atoms with Crippen LogP contribution in [-0.4, -0.2) is 26.4 Å². The molecule has 3 nitrogen and oxygen atoms in total. The van der Waals surface area contributed by atoms with Gasteiger partial charge in [-0.25, -0.2) is 0 Å². The Labute approximate surface area is 122 Å². The number of ether oxygens (including phenoxy) is 1. The van der Waals surface area contributed by atoms with E-state index in [0.29, 0.717) is 12.8 Å². The standard InChI is InChI=1S/C16H24O3Si/c1-6-19-15(18)16(10-7-8-13(2)12-16)14(17)9-11-20(3,4)5/h2,6-8,10,12H2,1,3-5H3. The summed E-state index contributed by atoms with van der Waals surface area (Å²) in [5.74, 6) is 2.00. The highest BCUT2D eigenvalue weighted by Crippen LogP contribution is 2.40. The number of ketones is 1. The van der Waals surface area contributed by atoms with Gasteiger partial charge in [0, 0.05) is 0 Å². The minimum atomic E-state index is -1.64. The molecule has 0 aromatic carbocycles. The van der Waals surface area contributed by atoms with Gasteiger partial charge in [0.25, 0.3) is 0 Å². The Morgan fingerprint density at radius 2 is 2.05 bits per heavy atom. The number of hydrogen-bond donors (Lipinski definition) is 0. The smallest absolute Gasteiger partial charge is 0.321 e. The number of Topliss-reactive ketones (excluding diaryl/α,β-unsaturated/α-hetero) is 1. The van der Waals surface area contributed by atoms with Crippen molar-refractivity contribution >= 4 is 19.8 Å². The lowest BCUT2D eigenvalue weighted by molar-refractivity contribution is -0.159. The molecular weight excluding hydrogens is 268 g/mol. The van der Waals surface area contributed by atoms with E-state index in [9.17, 15) is 9.59 Å². The zero-order chi connectivity index (χ0) is 15.4. The fourth-order valence-electron chi connectivity index (χ4n) is 2.34. The Hall–Kier alpha value is -1.34. The Kier molecular flexibility index (Phi) is 5.35. The number of carbonyl (C=O) groups is 2. The van der Waals surface area contributed by atoms with Crippen molar-refractivity contribution in [2.45, 2.75) is 52.2 Å². The van der Waals surface area contributed by atoms with Crippen LogP contribution in [0.2, 0.25) is 19.6 Å². The van der Waals surface area contributed by atoms with Gasteiger partial charge in [0.1, 0.15) is 13.5 Å². The van der Waals surface area contributed by atoms with Crippen LogP contribution in [0.5, 0.6) is 0 Å². The van der Waals surface area contributed by atoms with E-state index in [1.807, 2.05) is 0 Å². The molecular formula is C16H24O3Si. The van der Waals surface area contributed by atoms with Gasteiger partial charge in [-0.15, -0.1) is 5.54 Å². The van der Waals surface area contributed by atoms with E-state index in [-0.39, 0.29) is 12.4 Å². The monoisotopic (exact) mass is 292 g/mol. The maximum Gasteiger partial charge on any atom is 0.321 e. The van der Waals surface area contributed by atoms with Gasteiger partial charge >= 0.3 is 5.97 Å². The van der Waals surface area contributed by atoms with Gasteiger partial charge in [0.2, 0.25) is 5.78 Å². The summed E-state index contributed by atoms with van der Waals surface area (Å²) >= 11 is 0. The van der Waals surface area contributed by atoms with E-state index in [1.165, 1.54) is 0 Å². The molecule has 0 aromatic heterocycles. The predicted octanol–water partition coefficient (Wildman–Crippen LogP) is 3.12. The fourth-order valence-corrected chi connectivity index (χ4v) is 2.83. The zero-order valence-corrected chi connectivity index (χ0v) is 14.0. The first-order valence-electron chi connectivity index (χ1n) is 7.13. The van der Waals surface area contributed by atoms with Crippen LogP contribution in [0.3, 0.4) is 0 Å². The quantitative estimate of drug-likeness (QED) is 0.264. The largest absolute Gasteiger partial charge is 0.465 e. The van der Waals surface area contributed by atoms with E-state index in [0.717, 1.165) is 18.4 Å². The highest BCUT2D eigenvalue weighted by Gasteiger charge is 2.48. The molecule has 0 N–H and O–H groups in total. The van der Waals surface area contributed by atoms with E-state index < -0.39 is 19.5 Å². The number of hydrogen-bond acceptors (Lipinski definition) is 3. The van der Waals surface area contributed by atoms with Gasteiger partial charge in [-0.05, 0) is 38.5 Å². The van der Waals surface area contributed by atoms with Crippen molar-refractivity contribution in [3.05, 3.63) is 12.2 Å². The Bertz CT molecular complexity index is 476. The summed E-state index contributed by atoms with van der Waals surface area (Å²) in [5.41, 5.74) is 2.88. The fraction of sp³-hybridized carbons (Fsp3) is 0.625. The molecule has 1 saturated carbocycles. The van der Waals surface area contributed by atoms with E-state index in [1.54, 1.807) is 6.92 Å². The van der Waals surface area contributed by atoms with Crippen molar-refractivity contribution in [3.8, 4) is 11.5 Å². The van der Waals surface area contributed by atoms with Gasteiger partial charge in [-0.2, -0.15) is 0 Å². The van der Waals surface area contributed by atoms with Gasteiger partial charge in [-0.3, -0.25) is 9.59 Å². The second-order valence-electron chi connectivity index (χ2n) is 6.41. The predicted molar refractivity (Wildman–Crippen MR) is 82.8 cm³/mol. The van der Waals surface area contributed by atoms with Crippen LogP contribution < -0.4 is 0 Å². The summed E-state index contributed by atoms with van der Waals surface area (Å²) < 4.78 is 5.13. The third-order valence-electron chi connectivity index (χ3n) is 3.34. The van der Waals surface area contributed by atoms with Crippen molar-refractivity contribution in [3.63, 3.8) is 0 Å². The van der Waals surface area contributed by atoms with Crippen molar-refractivity contribution in [1.29, 1.82) is 0 Å². The summed E-state index contributed by atoms with van der Waals surface area (Å²) in [6, 6.07) is 0. The molecule has 0 radical (unpaired) electrons. The Morgan fingerprint density at radius 3 is 2.55 bits per heavy atom. The lowest BCUT2D eigenvalue weighted by Crippen LogP contribution is -2.42. The summed E-state index contributed by atoms with van der Waals surface area (Å²) in [6.07, 6.45) is 2.56. The SMILES string of the molecule is C=C1CCCC(C(=O)C#C[Si](C)(C)C)(C(=O)OCC)C1. The van der Waals surface area contributed by atoms with Gasteiger partial charge < -0.3 is 4.74 Å². The minimum Gasteiger partial charge on any atom is -0.465 e. The maximum atomic E-state index is 12.5. The molecule has 1 aliphatic rings. The molecule has 20 heavy (non-hydrogen) atoms. The average Bonchev–Trinajstić information content (AvgIpc) is 2.35. The van der Waals surface area contributed by atoms with Crippen molar-refractivity contribution in [1.82, 2.24) is 0 Å². The van der Waals surface area contributed by atoms with Crippen molar-refractivity contribution < 1.29 is 14.3 Å². The lowest BCUT2D eigenvalue weighted by atomic mass is 9.69. The molecule has 110 valence electrons. The van der Waals surface area contributed by atoms with Gasteiger partial charge in [-0.1, -0.05) is 31.8 Å². The third-order valence-corrected chi connectivity index (χ3v) is 4.21. The highest BCUT2D eigenvalue weighted by atomic mass is 28.3. The maximum absolute atomic E-state index is 12.5. The second-order valence-corrected chi connectivity index (χ2v) is 11.2. The third kappa shape index (κ3) is 4.07. The molecule has 0 aromatic rings. The molecule has 0 spiro atoms. The van der Waals surface area contributed by atoms with Crippen LogP contribution >= 0.6 is 0 Å². The summed E-state index contributed by atoms with van der Waals surface area (Å²) in [5, 5.41) is 0. The number of allylic oxidation sites excluding steroid dienone is 1. The molecule has 1 atom stereocenters. The van der Waals surface area contributed by atoms with E-state index in [4.69, 9.17) is 4.74 Å². The van der Waals surface area contributed by atoms with Crippen LogP contribution in [0.1, 0.15) is 32.6 Å². The molecule has 1 aliphatic carbocycles.